The predicted molar refractivity (Wildman–Crippen MR) is 166 cm³/mol. The van der Waals surface area contributed by atoms with Gasteiger partial charge in [-0.1, -0.05) is 78.9 Å². The van der Waals surface area contributed by atoms with Crippen LogP contribution in [-0.4, -0.2) is 9.13 Å². The summed E-state index contributed by atoms with van der Waals surface area (Å²) in [5.74, 6) is 0. The lowest BCUT2D eigenvalue weighted by molar-refractivity contribution is 0.330. The van der Waals surface area contributed by atoms with Gasteiger partial charge in [-0.15, -0.1) is 11.3 Å². The van der Waals surface area contributed by atoms with Gasteiger partial charge in [-0.2, -0.15) is 0 Å². The van der Waals surface area contributed by atoms with Gasteiger partial charge in [0.15, 0.2) is 0 Å². The Hall–Kier alpha value is -4.08. The highest BCUT2D eigenvalue weighted by atomic mass is 32.1. The smallest absolute Gasteiger partial charge is 0.0506 e. The van der Waals surface area contributed by atoms with E-state index in [1.807, 2.05) is 11.3 Å². The van der Waals surface area contributed by atoms with Gasteiger partial charge in [-0.05, 0) is 50.6 Å². The molecule has 0 N–H and O–H groups in total. The van der Waals surface area contributed by atoms with E-state index in [0.717, 1.165) is 13.0 Å². The van der Waals surface area contributed by atoms with Crippen LogP contribution in [0.25, 0.3) is 63.8 Å². The van der Waals surface area contributed by atoms with Crippen LogP contribution in [0, 0.1) is 0 Å². The van der Waals surface area contributed by atoms with E-state index >= 15 is 0 Å². The van der Waals surface area contributed by atoms with Crippen molar-refractivity contribution in [1.29, 1.82) is 0 Å². The van der Waals surface area contributed by atoms with E-state index in [1.54, 1.807) is 0 Å². The Balaban J connectivity index is 1.30. The average Bonchev–Trinajstić information content (AvgIpc) is 3.60. The van der Waals surface area contributed by atoms with Gasteiger partial charge in [-0.25, -0.2) is 0 Å². The van der Waals surface area contributed by atoms with Crippen LogP contribution in [0.5, 0.6) is 0 Å². The van der Waals surface area contributed by atoms with Gasteiger partial charge in [-0.3, -0.25) is 0 Å². The number of hydrogen-bond donors (Lipinski definition) is 0. The third-order valence-corrected chi connectivity index (χ3v) is 9.62. The van der Waals surface area contributed by atoms with Gasteiger partial charge >= 0.3 is 0 Å². The predicted octanol–water partition coefficient (Wildman–Crippen LogP) is 10.1. The molecular formula is C35H28N2S. The average molecular weight is 509 g/mol. The Labute approximate surface area is 225 Å². The monoisotopic (exact) mass is 508 g/mol. The summed E-state index contributed by atoms with van der Waals surface area (Å²) >= 11 is 1.93. The zero-order valence-electron chi connectivity index (χ0n) is 21.6. The molecule has 3 heterocycles. The Morgan fingerprint density at radius 2 is 1.13 bits per heavy atom. The first-order valence-corrected chi connectivity index (χ1v) is 14.2. The number of para-hydroxylation sites is 3. The Kier molecular flexibility index (Phi) is 4.60. The largest absolute Gasteiger partial charge is 0.340 e. The summed E-state index contributed by atoms with van der Waals surface area (Å²) in [6.45, 7) is 5.74. The van der Waals surface area contributed by atoms with E-state index in [4.69, 9.17) is 0 Å². The van der Waals surface area contributed by atoms with Crippen molar-refractivity contribution in [2.24, 2.45) is 0 Å². The molecule has 3 heteroatoms. The van der Waals surface area contributed by atoms with E-state index in [2.05, 4.69) is 132 Å². The number of nitrogens with zero attached hydrogens (tertiary/aromatic N) is 2. The third-order valence-electron chi connectivity index (χ3n) is 8.41. The highest BCUT2D eigenvalue weighted by molar-refractivity contribution is 7.26. The van der Waals surface area contributed by atoms with E-state index < -0.39 is 0 Å². The van der Waals surface area contributed by atoms with Gasteiger partial charge in [0.05, 0.1) is 5.52 Å². The van der Waals surface area contributed by atoms with Crippen LogP contribution in [-0.2, 0) is 12.1 Å². The maximum absolute atomic E-state index is 2.57. The van der Waals surface area contributed by atoms with Gasteiger partial charge in [0.25, 0.3) is 0 Å². The van der Waals surface area contributed by atoms with Gasteiger partial charge in [0.1, 0.15) is 0 Å². The first kappa shape index (κ1) is 22.0. The second-order valence-corrected chi connectivity index (χ2v) is 12.1. The second kappa shape index (κ2) is 7.96. The maximum Gasteiger partial charge on any atom is 0.0506 e. The number of thiophene rings is 1. The summed E-state index contributed by atoms with van der Waals surface area (Å²) in [4.78, 5) is 0. The molecule has 3 aromatic heterocycles. The van der Waals surface area contributed by atoms with Crippen LogP contribution in [0.3, 0.4) is 0 Å². The Morgan fingerprint density at radius 3 is 1.84 bits per heavy atom. The lowest BCUT2D eigenvalue weighted by Crippen LogP contribution is -2.27. The highest BCUT2D eigenvalue weighted by Crippen LogP contribution is 2.43. The maximum atomic E-state index is 2.57. The summed E-state index contributed by atoms with van der Waals surface area (Å²) in [7, 11) is 0. The van der Waals surface area contributed by atoms with Crippen molar-refractivity contribution in [1.82, 2.24) is 9.13 Å². The zero-order valence-corrected chi connectivity index (χ0v) is 22.4. The highest BCUT2D eigenvalue weighted by Gasteiger charge is 2.26. The van der Waals surface area contributed by atoms with Crippen molar-refractivity contribution in [2.75, 3.05) is 0 Å². The van der Waals surface area contributed by atoms with Crippen LogP contribution in [0.2, 0.25) is 0 Å². The Bertz CT molecular complexity index is 2120. The molecule has 184 valence electrons. The van der Waals surface area contributed by atoms with Crippen LogP contribution in [0.15, 0.2) is 109 Å². The molecule has 0 radical (unpaired) electrons. The molecule has 0 unspecified atom stereocenters. The van der Waals surface area contributed by atoms with Crippen molar-refractivity contribution < 1.29 is 0 Å². The SMILES string of the molecule is CC(C)(CCn1c2ccccc2c2c3sc4ccccc4c3ccc21)n1c2ccccc2c2ccccc21. The van der Waals surface area contributed by atoms with Crippen molar-refractivity contribution >= 4 is 75.1 Å². The van der Waals surface area contributed by atoms with Crippen LogP contribution < -0.4 is 0 Å². The molecule has 0 fully saturated rings. The first-order chi connectivity index (χ1) is 18.6. The number of benzene rings is 5. The number of rotatable bonds is 4. The molecule has 0 atom stereocenters. The lowest BCUT2D eigenvalue weighted by atomic mass is 9.99. The molecule has 8 aromatic rings. The number of fused-ring (bicyclic) bond motifs is 10. The molecule has 0 spiro atoms. The van der Waals surface area contributed by atoms with E-state index in [-0.39, 0.29) is 5.54 Å². The quantitative estimate of drug-likeness (QED) is 0.224. The standard InChI is InChI=1S/C35H28N2S/c1-35(2,37-29-16-8-3-11-23(29)24-12-4-9-17-30(24)37)21-22-36-28-15-7-5-14-27(28)33-31(36)20-19-26-25-13-6-10-18-32(25)38-34(26)33/h3-20H,21-22H2,1-2H3. The minimum Gasteiger partial charge on any atom is -0.340 e. The van der Waals surface area contributed by atoms with Gasteiger partial charge in [0.2, 0.25) is 0 Å². The number of hydrogen-bond acceptors (Lipinski definition) is 1. The molecule has 5 aromatic carbocycles. The fourth-order valence-corrected chi connectivity index (χ4v) is 7.89. The molecule has 0 aliphatic rings. The summed E-state index contributed by atoms with van der Waals surface area (Å²) < 4.78 is 7.89. The van der Waals surface area contributed by atoms with Gasteiger partial charge < -0.3 is 9.13 Å². The van der Waals surface area contributed by atoms with Crippen molar-refractivity contribution in [2.45, 2.75) is 32.4 Å². The first-order valence-electron chi connectivity index (χ1n) is 13.4. The normalized spacial score (nSPS) is 12.7. The molecular weight excluding hydrogens is 480 g/mol. The fraction of sp³-hybridized carbons (Fsp3) is 0.143. The summed E-state index contributed by atoms with van der Waals surface area (Å²) in [5, 5.41) is 8.15. The minimum atomic E-state index is -0.0673. The number of aryl methyl sites for hydroxylation is 1. The Morgan fingerprint density at radius 1 is 0.553 bits per heavy atom. The van der Waals surface area contributed by atoms with Crippen molar-refractivity contribution in [3.63, 3.8) is 0 Å². The van der Waals surface area contributed by atoms with E-state index in [1.165, 1.54) is 63.8 Å². The van der Waals surface area contributed by atoms with Crippen molar-refractivity contribution in [3.8, 4) is 0 Å². The van der Waals surface area contributed by atoms with E-state index in [0.29, 0.717) is 0 Å². The molecule has 38 heavy (non-hydrogen) atoms. The lowest BCUT2D eigenvalue weighted by Gasteiger charge is -2.30. The summed E-state index contributed by atoms with van der Waals surface area (Å²) in [6, 6.07) is 40.1. The minimum absolute atomic E-state index is 0.0673. The fourth-order valence-electron chi connectivity index (χ4n) is 6.63. The third kappa shape index (κ3) is 3.00. The molecule has 0 saturated heterocycles. The zero-order chi connectivity index (χ0) is 25.4. The van der Waals surface area contributed by atoms with Crippen LogP contribution in [0.4, 0.5) is 0 Å². The number of aromatic nitrogens is 2. The van der Waals surface area contributed by atoms with Crippen LogP contribution >= 0.6 is 11.3 Å². The summed E-state index contributed by atoms with van der Waals surface area (Å²) in [5.41, 5.74) is 5.22. The molecule has 0 aliphatic heterocycles. The second-order valence-electron chi connectivity index (χ2n) is 11.0. The summed E-state index contributed by atoms with van der Waals surface area (Å²) in [6.07, 6.45) is 1.02. The van der Waals surface area contributed by atoms with Crippen molar-refractivity contribution in [3.05, 3.63) is 109 Å². The molecule has 2 nitrogen and oxygen atoms in total. The van der Waals surface area contributed by atoms with E-state index in [9.17, 15) is 0 Å². The molecule has 0 bridgehead atoms. The molecule has 0 aliphatic carbocycles. The molecule has 0 saturated carbocycles. The van der Waals surface area contributed by atoms with Crippen LogP contribution in [0.1, 0.15) is 20.3 Å². The molecule has 0 amide bonds. The van der Waals surface area contributed by atoms with Gasteiger partial charge in [0, 0.05) is 70.4 Å². The topological polar surface area (TPSA) is 9.86 Å². The molecule has 8 rings (SSSR count).